The first-order chi connectivity index (χ1) is 28.7. The number of carbonyl (C=O) groups is 2. The summed E-state index contributed by atoms with van der Waals surface area (Å²) < 4.78 is 0. The molecule has 1 fully saturated rings. The molecule has 5 rings (SSSR count). The number of rotatable bonds is 20. The number of aromatic amines is 1. The topological polar surface area (TPSA) is 230 Å². The van der Waals surface area contributed by atoms with Crippen molar-refractivity contribution >= 4 is 46.1 Å². The lowest BCUT2D eigenvalue weighted by Crippen LogP contribution is -2.56. The molecular formula is C43H55N9O7S. The molecule has 4 aromatic rings. The number of hydrogen-bond donors (Lipinski definition) is 6. The molecule has 0 radical (unpaired) electrons. The van der Waals surface area contributed by atoms with Gasteiger partial charge in [-0.1, -0.05) is 68.5 Å². The van der Waals surface area contributed by atoms with Crippen molar-refractivity contribution in [2.75, 3.05) is 5.32 Å². The van der Waals surface area contributed by atoms with E-state index < -0.39 is 68.2 Å². The highest BCUT2D eigenvalue weighted by Gasteiger charge is 2.40. The molecule has 4 atom stereocenters. The Bertz CT molecular complexity index is 2060. The largest absolute Gasteiger partial charge is 0.391 e. The number of aromatic nitrogens is 3. The molecule has 1 amide bonds. The number of aryl methyl sites for hydroxylation is 1. The second-order valence-electron chi connectivity index (χ2n) is 16.4. The van der Waals surface area contributed by atoms with E-state index in [1.54, 1.807) is 6.20 Å². The molecule has 6 N–H and O–H groups in total. The van der Waals surface area contributed by atoms with E-state index in [4.69, 9.17) is 12.2 Å². The Labute approximate surface area is 355 Å². The molecule has 1 aliphatic rings. The molecule has 1 saturated carbocycles. The summed E-state index contributed by atoms with van der Waals surface area (Å²) in [6, 6.07) is 13.8. The van der Waals surface area contributed by atoms with Crippen LogP contribution in [0.1, 0.15) is 99.4 Å². The highest BCUT2D eigenvalue weighted by molar-refractivity contribution is 7.80. The quantitative estimate of drug-likeness (QED) is 0.0241. The van der Waals surface area contributed by atoms with Gasteiger partial charge in [0.15, 0.2) is 16.5 Å². The standard InChI is InChI=1S/C43H55N9O7S/c1-43(2,3)50-42(60)49-35(24-29-15-8-5-9-16-29)41(55)48-34(25-31-26-44-27-46-31)40(54)38-36(51(56)57)21-20-32(39(38)52(58)59)47-33(23-28-13-6-4-7-14-28)37(53)19-12-18-30-17-10-11-22-45-30/h5,8-11,15-17,20-22,26-28,33-35,37,47,53H,4,6-7,12-14,18-19,23-25H2,1-3H3,(H,44,46)(H,48,55)(H2,49,50,60)/t33-,34-,35-,37-/m0/s1. The van der Waals surface area contributed by atoms with Gasteiger partial charge in [-0.25, -0.2) is 4.98 Å². The SMILES string of the molecule is CC(C)(C)NC(=S)N[C@@H](Cc1ccccc1)C(=O)N[C@@H](Cc1cnc[nH]1)C(=O)c1c([N+](=O)[O-])ccc(N[C@@H](CC2CCCCC2)[C@@H](O)CCCc2ccccn2)c1[N+](=O)[O-]. The van der Waals surface area contributed by atoms with E-state index in [0.29, 0.717) is 31.4 Å². The van der Waals surface area contributed by atoms with Gasteiger partial charge in [0.05, 0.1) is 34.4 Å². The first kappa shape index (κ1) is 45.3. The number of nitro benzene ring substituents is 2. The van der Waals surface area contributed by atoms with Gasteiger partial charge in [-0.15, -0.1) is 0 Å². The number of amides is 1. The van der Waals surface area contributed by atoms with E-state index in [2.05, 4.69) is 36.2 Å². The maximum atomic E-state index is 14.8. The number of nitro groups is 2. The van der Waals surface area contributed by atoms with Crippen LogP contribution < -0.4 is 21.3 Å². The predicted octanol–water partition coefficient (Wildman–Crippen LogP) is 6.54. The van der Waals surface area contributed by atoms with Gasteiger partial charge in [-0.3, -0.25) is 34.8 Å². The van der Waals surface area contributed by atoms with Crippen LogP contribution in [-0.4, -0.2) is 76.5 Å². The number of H-pyrrole nitrogens is 1. The van der Waals surface area contributed by atoms with Gasteiger partial charge in [0.2, 0.25) is 5.91 Å². The molecule has 2 aromatic carbocycles. The van der Waals surface area contributed by atoms with Crippen LogP contribution in [0.4, 0.5) is 17.1 Å². The van der Waals surface area contributed by atoms with Crippen LogP contribution in [0.15, 0.2) is 79.4 Å². The minimum atomic E-state index is -1.52. The summed E-state index contributed by atoms with van der Waals surface area (Å²) in [7, 11) is 0. The smallest absolute Gasteiger partial charge is 0.310 e. The Morgan fingerprint density at radius 2 is 1.68 bits per heavy atom. The minimum absolute atomic E-state index is 0.146. The van der Waals surface area contributed by atoms with Crippen molar-refractivity contribution < 1.29 is 24.5 Å². The second kappa shape index (κ2) is 21.4. The number of Topliss-reactive ketones (excluding diaryl/α,β-unsaturated/α-hetero) is 1. The molecule has 320 valence electrons. The second-order valence-corrected chi connectivity index (χ2v) is 16.8. The van der Waals surface area contributed by atoms with Crippen molar-refractivity contribution in [3.63, 3.8) is 0 Å². The van der Waals surface area contributed by atoms with Gasteiger partial charge < -0.3 is 31.4 Å². The number of anilines is 1. The van der Waals surface area contributed by atoms with E-state index in [9.17, 15) is 34.9 Å². The third kappa shape index (κ3) is 13.4. The van der Waals surface area contributed by atoms with Crippen LogP contribution in [0.3, 0.4) is 0 Å². The number of nitrogens with one attached hydrogen (secondary N) is 5. The highest BCUT2D eigenvalue weighted by atomic mass is 32.1. The summed E-state index contributed by atoms with van der Waals surface area (Å²) in [4.78, 5) is 64.4. The summed E-state index contributed by atoms with van der Waals surface area (Å²) in [6.07, 6.45) is 10.6. The van der Waals surface area contributed by atoms with Gasteiger partial charge in [-0.2, -0.15) is 0 Å². The lowest BCUT2D eigenvalue weighted by Gasteiger charge is -2.31. The van der Waals surface area contributed by atoms with Crippen LogP contribution in [-0.2, 0) is 24.1 Å². The number of nitrogens with zero attached hydrogens (tertiary/aromatic N) is 4. The van der Waals surface area contributed by atoms with Crippen LogP contribution >= 0.6 is 12.2 Å². The molecule has 0 saturated heterocycles. The van der Waals surface area contributed by atoms with E-state index in [0.717, 1.165) is 49.4 Å². The number of thiocarbonyl (C=S) groups is 1. The van der Waals surface area contributed by atoms with E-state index in [1.165, 1.54) is 18.6 Å². The van der Waals surface area contributed by atoms with Gasteiger partial charge in [-0.05, 0) is 88.4 Å². The maximum absolute atomic E-state index is 14.8. The third-order valence-corrected chi connectivity index (χ3v) is 10.8. The van der Waals surface area contributed by atoms with Crippen LogP contribution in [0.5, 0.6) is 0 Å². The average Bonchev–Trinajstić information content (AvgIpc) is 3.73. The first-order valence-corrected chi connectivity index (χ1v) is 20.8. The Morgan fingerprint density at radius 1 is 0.950 bits per heavy atom. The molecule has 0 unspecified atom stereocenters. The summed E-state index contributed by atoms with van der Waals surface area (Å²) in [6.45, 7) is 5.70. The molecule has 2 heterocycles. The molecule has 60 heavy (non-hydrogen) atoms. The zero-order valence-electron chi connectivity index (χ0n) is 34.3. The molecule has 0 bridgehead atoms. The Hall–Kier alpha value is -5.81. The number of aliphatic hydroxyl groups is 1. The van der Waals surface area contributed by atoms with Crippen molar-refractivity contribution in [3.05, 3.63) is 122 Å². The average molecular weight is 842 g/mol. The Balaban J connectivity index is 1.50. The van der Waals surface area contributed by atoms with Crippen LogP contribution in [0.25, 0.3) is 0 Å². The molecule has 0 spiro atoms. The predicted molar refractivity (Wildman–Crippen MR) is 233 cm³/mol. The molecule has 0 aliphatic heterocycles. The van der Waals surface area contributed by atoms with Crippen LogP contribution in [0, 0.1) is 26.1 Å². The van der Waals surface area contributed by atoms with Gasteiger partial charge >= 0.3 is 5.69 Å². The van der Waals surface area contributed by atoms with Crippen LogP contribution in [0.2, 0.25) is 0 Å². The third-order valence-electron chi connectivity index (χ3n) is 10.6. The van der Waals surface area contributed by atoms with E-state index in [1.807, 2.05) is 69.3 Å². The fourth-order valence-corrected chi connectivity index (χ4v) is 8.13. The first-order valence-electron chi connectivity index (χ1n) is 20.4. The number of carbonyl (C=O) groups excluding carboxylic acids is 2. The fourth-order valence-electron chi connectivity index (χ4n) is 7.68. The van der Waals surface area contributed by atoms with Crippen molar-refractivity contribution in [2.24, 2.45) is 5.92 Å². The summed E-state index contributed by atoms with van der Waals surface area (Å²) in [5.41, 5.74) is -0.931. The van der Waals surface area contributed by atoms with Crippen molar-refractivity contribution in [2.45, 2.75) is 121 Å². The highest BCUT2D eigenvalue weighted by Crippen LogP contribution is 2.39. The Kier molecular flexibility index (Phi) is 16.2. The molecule has 1 aliphatic carbocycles. The van der Waals surface area contributed by atoms with E-state index in [-0.39, 0.29) is 29.6 Å². The number of hydrogen-bond acceptors (Lipinski definition) is 11. The number of imidazole rings is 1. The lowest BCUT2D eigenvalue weighted by atomic mass is 9.83. The fraction of sp³-hybridized carbons (Fsp3) is 0.465. The van der Waals surface area contributed by atoms with Gasteiger partial charge in [0.25, 0.3) is 5.69 Å². The molecule has 17 heteroatoms. The monoisotopic (exact) mass is 841 g/mol. The van der Waals surface area contributed by atoms with Gasteiger partial charge in [0, 0.05) is 48.2 Å². The van der Waals surface area contributed by atoms with Crippen molar-refractivity contribution in [3.8, 4) is 0 Å². The summed E-state index contributed by atoms with van der Waals surface area (Å²) in [5, 5.41) is 49.6. The zero-order chi connectivity index (χ0) is 43.2. The summed E-state index contributed by atoms with van der Waals surface area (Å²) in [5.74, 6) is -1.47. The Morgan fingerprint density at radius 3 is 2.32 bits per heavy atom. The summed E-state index contributed by atoms with van der Waals surface area (Å²) >= 11 is 5.54. The maximum Gasteiger partial charge on any atom is 0.310 e. The minimum Gasteiger partial charge on any atom is -0.391 e. The molecule has 2 aromatic heterocycles. The lowest BCUT2D eigenvalue weighted by molar-refractivity contribution is -0.394. The van der Waals surface area contributed by atoms with Gasteiger partial charge in [0.1, 0.15) is 11.7 Å². The molecule has 16 nitrogen and oxygen atoms in total. The van der Waals surface area contributed by atoms with Crippen molar-refractivity contribution in [1.82, 2.24) is 30.9 Å². The number of aliphatic hydroxyl groups excluding tert-OH is 1. The number of pyridine rings is 1. The molecular weight excluding hydrogens is 787 g/mol. The van der Waals surface area contributed by atoms with E-state index >= 15 is 0 Å². The normalized spacial score (nSPS) is 15.2. The number of ketones is 1. The number of benzene rings is 2. The van der Waals surface area contributed by atoms with Crippen molar-refractivity contribution in [1.29, 1.82) is 0 Å². The zero-order valence-corrected chi connectivity index (χ0v) is 35.1.